The molecule has 0 saturated carbocycles. The van der Waals surface area contributed by atoms with Crippen LogP contribution in [-0.4, -0.2) is 35.8 Å². The number of hydrogen-bond acceptors (Lipinski definition) is 4. The summed E-state index contributed by atoms with van der Waals surface area (Å²) in [5.74, 6) is 1.31. The lowest BCUT2D eigenvalue weighted by molar-refractivity contribution is 0.160. The first kappa shape index (κ1) is 11.2. The largest absolute Gasteiger partial charge is 0.378 e. The van der Waals surface area contributed by atoms with Crippen LogP contribution in [0.15, 0.2) is 12.3 Å². The summed E-state index contributed by atoms with van der Waals surface area (Å²) in [6.45, 7) is 3.91. The normalized spacial score (nSPS) is 10.1. The molecule has 1 rings (SSSR count). The van der Waals surface area contributed by atoms with E-state index < -0.39 is 0 Å². The van der Waals surface area contributed by atoms with Crippen molar-refractivity contribution in [2.24, 2.45) is 0 Å². The van der Waals surface area contributed by atoms with E-state index in [2.05, 4.69) is 15.5 Å². The third-order valence-corrected chi connectivity index (χ3v) is 1.72. The van der Waals surface area contributed by atoms with E-state index in [-0.39, 0.29) is 0 Å². The van der Waals surface area contributed by atoms with Crippen molar-refractivity contribution in [3.05, 3.63) is 17.8 Å². The van der Waals surface area contributed by atoms with Gasteiger partial charge in [-0.15, -0.1) is 16.7 Å². The average Bonchev–Trinajstić information content (AvgIpc) is 2.18. The van der Waals surface area contributed by atoms with E-state index in [1.54, 1.807) is 6.20 Å². The van der Waals surface area contributed by atoms with Gasteiger partial charge in [0.25, 0.3) is 0 Å². The van der Waals surface area contributed by atoms with E-state index in [9.17, 15) is 0 Å². The molecule has 0 radical (unpaired) electrons. The topological polar surface area (TPSA) is 47.0 Å². The molecule has 1 N–H and O–H groups in total. The lowest BCUT2D eigenvalue weighted by Crippen LogP contribution is -2.11. The van der Waals surface area contributed by atoms with E-state index >= 15 is 0 Å². The van der Waals surface area contributed by atoms with Gasteiger partial charge in [-0.1, -0.05) is 0 Å². The molecule has 1 heterocycles. The van der Waals surface area contributed by atoms with Crippen molar-refractivity contribution in [2.75, 3.05) is 31.0 Å². The fraction of sp³-hybridized carbons (Fsp3) is 0.556. The summed E-state index contributed by atoms with van der Waals surface area (Å²) in [6, 6.07) is 1.94. The summed E-state index contributed by atoms with van der Waals surface area (Å²) in [7, 11) is 0. The van der Waals surface area contributed by atoms with E-state index in [4.69, 9.17) is 16.3 Å². The van der Waals surface area contributed by atoms with Crippen molar-refractivity contribution in [1.82, 2.24) is 10.2 Å². The molecular formula is C9H14ClN3O. The van der Waals surface area contributed by atoms with Gasteiger partial charge < -0.3 is 10.1 Å². The lowest BCUT2D eigenvalue weighted by atomic mass is 10.3. The maximum Gasteiger partial charge on any atom is 0.148 e. The maximum absolute atomic E-state index is 5.45. The minimum Gasteiger partial charge on any atom is -0.378 e. The summed E-state index contributed by atoms with van der Waals surface area (Å²) in [6.07, 6.45) is 1.72. The van der Waals surface area contributed by atoms with Crippen LogP contribution in [0.2, 0.25) is 0 Å². The fourth-order valence-corrected chi connectivity index (χ4v) is 1.07. The number of hydrogen-bond donors (Lipinski definition) is 1. The highest BCUT2D eigenvalue weighted by Gasteiger charge is 1.93. The lowest BCUT2D eigenvalue weighted by Gasteiger charge is -2.05. The Labute approximate surface area is 88.6 Å². The van der Waals surface area contributed by atoms with E-state index in [1.165, 1.54) is 0 Å². The first-order chi connectivity index (χ1) is 6.83. The van der Waals surface area contributed by atoms with Crippen LogP contribution in [0.3, 0.4) is 0 Å². The highest BCUT2D eigenvalue weighted by Crippen LogP contribution is 2.01. The molecule has 0 atom stereocenters. The third-order valence-electron chi connectivity index (χ3n) is 1.57. The number of anilines is 1. The van der Waals surface area contributed by atoms with Gasteiger partial charge in [0.2, 0.25) is 0 Å². The highest BCUT2D eigenvalue weighted by atomic mass is 35.5. The Morgan fingerprint density at radius 3 is 3.07 bits per heavy atom. The van der Waals surface area contributed by atoms with Crippen LogP contribution in [0.1, 0.15) is 5.56 Å². The van der Waals surface area contributed by atoms with Crippen LogP contribution in [0.25, 0.3) is 0 Å². The second-order valence-corrected chi connectivity index (χ2v) is 3.22. The van der Waals surface area contributed by atoms with Gasteiger partial charge in [-0.25, -0.2) is 0 Å². The number of nitrogens with zero attached hydrogens (tertiary/aromatic N) is 2. The Bertz CT molecular complexity index is 270. The monoisotopic (exact) mass is 215 g/mol. The molecule has 0 saturated heterocycles. The molecular weight excluding hydrogens is 202 g/mol. The predicted molar refractivity (Wildman–Crippen MR) is 56.8 cm³/mol. The minimum absolute atomic E-state index is 0.532. The highest BCUT2D eigenvalue weighted by molar-refractivity contribution is 6.17. The van der Waals surface area contributed by atoms with E-state index in [0.29, 0.717) is 19.1 Å². The molecule has 0 aromatic carbocycles. The van der Waals surface area contributed by atoms with Crippen molar-refractivity contribution < 1.29 is 4.74 Å². The van der Waals surface area contributed by atoms with Gasteiger partial charge in [-0.2, -0.15) is 5.10 Å². The van der Waals surface area contributed by atoms with Gasteiger partial charge in [0.15, 0.2) is 0 Å². The molecule has 4 nitrogen and oxygen atoms in total. The number of aromatic nitrogens is 2. The van der Waals surface area contributed by atoms with Gasteiger partial charge >= 0.3 is 0 Å². The van der Waals surface area contributed by atoms with E-state index in [1.807, 2.05) is 13.0 Å². The van der Waals surface area contributed by atoms with Gasteiger partial charge in [0.05, 0.1) is 19.4 Å². The second-order valence-electron chi connectivity index (χ2n) is 2.85. The van der Waals surface area contributed by atoms with Crippen molar-refractivity contribution in [3.8, 4) is 0 Å². The first-order valence-corrected chi connectivity index (χ1v) is 5.03. The van der Waals surface area contributed by atoms with Gasteiger partial charge in [0, 0.05) is 12.4 Å². The summed E-state index contributed by atoms with van der Waals surface area (Å²) in [5.41, 5.74) is 1.09. The smallest absolute Gasteiger partial charge is 0.148 e. The molecule has 0 aliphatic rings. The second kappa shape index (κ2) is 6.56. The van der Waals surface area contributed by atoms with Crippen molar-refractivity contribution >= 4 is 17.4 Å². The van der Waals surface area contributed by atoms with Crippen LogP contribution in [0, 0.1) is 6.92 Å². The zero-order valence-electron chi connectivity index (χ0n) is 8.16. The Morgan fingerprint density at radius 2 is 2.36 bits per heavy atom. The summed E-state index contributed by atoms with van der Waals surface area (Å²) >= 11 is 5.45. The maximum atomic E-state index is 5.45. The van der Waals surface area contributed by atoms with Crippen LogP contribution in [0.5, 0.6) is 0 Å². The third kappa shape index (κ3) is 4.39. The predicted octanol–water partition coefficient (Wildman–Crippen LogP) is 1.45. The van der Waals surface area contributed by atoms with E-state index in [0.717, 1.165) is 17.9 Å². The number of rotatable bonds is 6. The van der Waals surface area contributed by atoms with Gasteiger partial charge in [-0.05, 0) is 18.6 Å². The molecule has 14 heavy (non-hydrogen) atoms. The molecule has 0 aliphatic carbocycles. The number of ether oxygens (including phenoxy) is 1. The summed E-state index contributed by atoms with van der Waals surface area (Å²) in [5, 5.41) is 10.8. The SMILES string of the molecule is Cc1cnnc(NCCOCCCl)c1. The molecule has 1 aromatic heterocycles. The molecule has 0 aliphatic heterocycles. The first-order valence-electron chi connectivity index (χ1n) is 4.50. The standard InChI is InChI=1S/C9H14ClN3O/c1-8-6-9(13-12-7-8)11-3-5-14-4-2-10/h6-7H,2-5H2,1H3,(H,11,13). The Kier molecular flexibility index (Phi) is 5.25. The number of halogens is 1. The molecule has 0 spiro atoms. The molecule has 5 heteroatoms. The molecule has 1 aromatic rings. The zero-order valence-corrected chi connectivity index (χ0v) is 8.92. The summed E-state index contributed by atoms with van der Waals surface area (Å²) < 4.78 is 5.19. The molecule has 0 unspecified atom stereocenters. The average molecular weight is 216 g/mol. The van der Waals surface area contributed by atoms with Gasteiger partial charge in [0.1, 0.15) is 5.82 Å². The molecule has 78 valence electrons. The van der Waals surface area contributed by atoms with Crippen LogP contribution in [0.4, 0.5) is 5.82 Å². The van der Waals surface area contributed by atoms with Crippen LogP contribution in [-0.2, 0) is 4.74 Å². The van der Waals surface area contributed by atoms with Crippen molar-refractivity contribution in [3.63, 3.8) is 0 Å². The molecule has 0 amide bonds. The quantitative estimate of drug-likeness (QED) is 0.577. The minimum atomic E-state index is 0.532. The van der Waals surface area contributed by atoms with Crippen molar-refractivity contribution in [2.45, 2.75) is 6.92 Å². The van der Waals surface area contributed by atoms with Crippen LogP contribution < -0.4 is 5.32 Å². The number of alkyl halides is 1. The van der Waals surface area contributed by atoms with Crippen LogP contribution >= 0.6 is 11.6 Å². The Morgan fingerprint density at radius 1 is 1.50 bits per heavy atom. The zero-order chi connectivity index (χ0) is 10.2. The van der Waals surface area contributed by atoms with Gasteiger partial charge in [-0.3, -0.25) is 0 Å². The molecule has 0 fully saturated rings. The number of nitrogens with one attached hydrogen (secondary N) is 1. The molecule has 0 bridgehead atoms. The Hall–Kier alpha value is -0.870. The summed E-state index contributed by atoms with van der Waals surface area (Å²) in [4.78, 5) is 0. The van der Waals surface area contributed by atoms with Crippen molar-refractivity contribution in [1.29, 1.82) is 0 Å². The fourth-order valence-electron chi connectivity index (χ4n) is 0.958. The Balaban J connectivity index is 2.18. The number of aryl methyl sites for hydroxylation is 1.